The van der Waals surface area contributed by atoms with Crippen LogP contribution in [0.2, 0.25) is 0 Å². The standard InChI is InChI=1S/C15H18N2O2/c1-11-5-6-14(19-11)10-17-15(18)13-4-2-3-12(9-13)7-8-16/h2-6,9H,7-8,10,16H2,1H3,(H,17,18). The van der Waals surface area contributed by atoms with Crippen LogP contribution in [0.4, 0.5) is 0 Å². The fourth-order valence-electron chi connectivity index (χ4n) is 1.88. The minimum atomic E-state index is -0.104. The highest BCUT2D eigenvalue weighted by atomic mass is 16.3. The maximum absolute atomic E-state index is 12.0. The molecule has 0 spiro atoms. The van der Waals surface area contributed by atoms with E-state index in [-0.39, 0.29) is 5.91 Å². The quantitative estimate of drug-likeness (QED) is 0.862. The van der Waals surface area contributed by atoms with Crippen molar-refractivity contribution in [3.8, 4) is 0 Å². The van der Waals surface area contributed by atoms with Gasteiger partial charge in [0.05, 0.1) is 6.54 Å². The molecule has 0 saturated carbocycles. The number of hydrogen-bond donors (Lipinski definition) is 2. The van der Waals surface area contributed by atoms with Crippen molar-refractivity contribution in [2.24, 2.45) is 5.73 Å². The van der Waals surface area contributed by atoms with Crippen molar-refractivity contribution in [1.82, 2.24) is 5.32 Å². The second-order valence-corrected chi connectivity index (χ2v) is 4.43. The average molecular weight is 258 g/mol. The lowest BCUT2D eigenvalue weighted by atomic mass is 10.1. The number of nitrogens with two attached hydrogens (primary N) is 1. The Hall–Kier alpha value is -2.07. The minimum Gasteiger partial charge on any atom is -0.465 e. The van der Waals surface area contributed by atoms with Crippen molar-refractivity contribution in [2.75, 3.05) is 6.54 Å². The molecular weight excluding hydrogens is 240 g/mol. The summed E-state index contributed by atoms with van der Waals surface area (Å²) in [6, 6.07) is 11.2. The smallest absolute Gasteiger partial charge is 0.251 e. The molecule has 1 amide bonds. The third kappa shape index (κ3) is 3.69. The van der Waals surface area contributed by atoms with Gasteiger partial charge >= 0.3 is 0 Å². The van der Waals surface area contributed by atoms with Crippen molar-refractivity contribution >= 4 is 5.91 Å². The monoisotopic (exact) mass is 258 g/mol. The lowest BCUT2D eigenvalue weighted by Gasteiger charge is -2.05. The number of rotatable bonds is 5. The summed E-state index contributed by atoms with van der Waals surface area (Å²) in [6.45, 7) is 2.85. The molecule has 0 aliphatic heterocycles. The molecular formula is C15H18N2O2. The van der Waals surface area contributed by atoms with Crippen LogP contribution in [0.15, 0.2) is 40.8 Å². The lowest BCUT2D eigenvalue weighted by molar-refractivity contribution is 0.0948. The molecule has 0 aliphatic carbocycles. The molecule has 19 heavy (non-hydrogen) atoms. The van der Waals surface area contributed by atoms with Crippen LogP contribution in [0, 0.1) is 6.92 Å². The van der Waals surface area contributed by atoms with Crippen LogP contribution >= 0.6 is 0 Å². The summed E-state index contributed by atoms with van der Waals surface area (Å²) < 4.78 is 5.40. The van der Waals surface area contributed by atoms with Gasteiger partial charge < -0.3 is 15.5 Å². The van der Waals surface area contributed by atoms with Crippen LogP contribution in [0.25, 0.3) is 0 Å². The van der Waals surface area contributed by atoms with E-state index in [0.717, 1.165) is 23.5 Å². The second kappa shape index (κ2) is 6.20. The summed E-state index contributed by atoms with van der Waals surface area (Å²) in [7, 11) is 0. The largest absolute Gasteiger partial charge is 0.465 e. The molecule has 2 rings (SSSR count). The zero-order valence-electron chi connectivity index (χ0n) is 11.0. The number of hydrogen-bond acceptors (Lipinski definition) is 3. The van der Waals surface area contributed by atoms with Crippen LogP contribution in [0.3, 0.4) is 0 Å². The minimum absolute atomic E-state index is 0.104. The number of benzene rings is 1. The molecule has 3 N–H and O–H groups in total. The number of nitrogens with one attached hydrogen (secondary N) is 1. The first-order valence-electron chi connectivity index (χ1n) is 6.31. The van der Waals surface area contributed by atoms with E-state index in [1.807, 2.05) is 37.3 Å². The first-order chi connectivity index (χ1) is 9.19. The van der Waals surface area contributed by atoms with E-state index in [2.05, 4.69) is 5.32 Å². The summed E-state index contributed by atoms with van der Waals surface area (Å²) in [5, 5.41) is 2.83. The third-order valence-corrected chi connectivity index (χ3v) is 2.84. The molecule has 2 aromatic rings. The summed E-state index contributed by atoms with van der Waals surface area (Å²) in [4.78, 5) is 12.0. The number of amides is 1. The Morgan fingerprint density at radius 2 is 2.16 bits per heavy atom. The summed E-state index contributed by atoms with van der Waals surface area (Å²) >= 11 is 0. The van der Waals surface area contributed by atoms with E-state index in [1.165, 1.54) is 0 Å². The molecule has 0 atom stereocenters. The van der Waals surface area contributed by atoms with Crippen LogP contribution in [-0.2, 0) is 13.0 Å². The molecule has 0 unspecified atom stereocenters. The van der Waals surface area contributed by atoms with E-state index in [4.69, 9.17) is 10.2 Å². The maximum Gasteiger partial charge on any atom is 0.251 e. The van der Waals surface area contributed by atoms with Crippen molar-refractivity contribution in [3.05, 3.63) is 59.0 Å². The van der Waals surface area contributed by atoms with E-state index in [9.17, 15) is 4.79 Å². The highest BCUT2D eigenvalue weighted by Crippen LogP contribution is 2.08. The topological polar surface area (TPSA) is 68.3 Å². The highest BCUT2D eigenvalue weighted by molar-refractivity contribution is 5.94. The van der Waals surface area contributed by atoms with Crippen LogP contribution in [0.1, 0.15) is 27.4 Å². The normalized spacial score (nSPS) is 10.4. The van der Waals surface area contributed by atoms with Gasteiger partial charge in [-0.25, -0.2) is 0 Å². The number of carbonyl (C=O) groups is 1. The Balaban J connectivity index is 1.97. The molecule has 1 aromatic heterocycles. The Morgan fingerprint density at radius 3 is 2.84 bits per heavy atom. The van der Waals surface area contributed by atoms with Crippen molar-refractivity contribution in [3.63, 3.8) is 0 Å². The van der Waals surface area contributed by atoms with Crippen LogP contribution in [0.5, 0.6) is 0 Å². The average Bonchev–Trinajstić information content (AvgIpc) is 2.82. The predicted molar refractivity (Wildman–Crippen MR) is 73.8 cm³/mol. The van der Waals surface area contributed by atoms with Crippen LogP contribution < -0.4 is 11.1 Å². The summed E-state index contributed by atoms with van der Waals surface area (Å²) in [5.41, 5.74) is 7.23. The molecule has 1 aromatic carbocycles. The molecule has 0 radical (unpaired) electrons. The Morgan fingerprint density at radius 1 is 1.32 bits per heavy atom. The number of furan rings is 1. The van der Waals surface area contributed by atoms with E-state index >= 15 is 0 Å². The predicted octanol–water partition coefficient (Wildman–Crippen LogP) is 2.02. The fraction of sp³-hybridized carbons (Fsp3) is 0.267. The van der Waals surface area contributed by atoms with Gasteiger partial charge in [-0.3, -0.25) is 4.79 Å². The van der Waals surface area contributed by atoms with Gasteiger partial charge in [0.25, 0.3) is 5.91 Å². The van der Waals surface area contributed by atoms with Gasteiger partial charge in [-0.1, -0.05) is 12.1 Å². The van der Waals surface area contributed by atoms with Gasteiger partial charge in [-0.15, -0.1) is 0 Å². The first-order valence-corrected chi connectivity index (χ1v) is 6.31. The van der Waals surface area contributed by atoms with E-state index in [0.29, 0.717) is 18.7 Å². The Bertz CT molecular complexity index is 561. The molecule has 4 heteroatoms. The van der Waals surface area contributed by atoms with Gasteiger partial charge in [0.1, 0.15) is 11.5 Å². The molecule has 0 bridgehead atoms. The van der Waals surface area contributed by atoms with Crippen LogP contribution in [-0.4, -0.2) is 12.5 Å². The van der Waals surface area contributed by atoms with Gasteiger partial charge in [0.2, 0.25) is 0 Å². The molecule has 4 nitrogen and oxygen atoms in total. The zero-order valence-corrected chi connectivity index (χ0v) is 11.0. The molecule has 100 valence electrons. The zero-order chi connectivity index (χ0) is 13.7. The number of aryl methyl sites for hydroxylation is 1. The van der Waals surface area contributed by atoms with E-state index < -0.39 is 0 Å². The Labute approximate surface area is 112 Å². The van der Waals surface area contributed by atoms with E-state index in [1.54, 1.807) is 6.07 Å². The first kappa shape index (κ1) is 13.4. The molecule has 0 saturated heterocycles. The maximum atomic E-state index is 12.0. The second-order valence-electron chi connectivity index (χ2n) is 4.43. The lowest BCUT2D eigenvalue weighted by Crippen LogP contribution is -2.22. The fourth-order valence-corrected chi connectivity index (χ4v) is 1.88. The van der Waals surface area contributed by atoms with Gasteiger partial charge in [0, 0.05) is 5.56 Å². The van der Waals surface area contributed by atoms with Gasteiger partial charge in [-0.2, -0.15) is 0 Å². The van der Waals surface area contributed by atoms with Crippen molar-refractivity contribution in [2.45, 2.75) is 19.9 Å². The summed E-state index contributed by atoms with van der Waals surface area (Å²) in [5.74, 6) is 1.49. The molecule has 0 aliphatic rings. The Kier molecular flexibility index (Phi) is 4.36. The number of carbonyl (C=O) groups excluding carboxylic acids is 1. The van der Waals surface area contributed by atoms with Gasteiger partial charge in [-0.05, 0) is 49.7 Å². The SMILES string of the molecule is Cc1ccc(CNC(=O)c2cccc(CCN)c2)o1. The molecule has 1 heterocycles. The van der Waals surface area contributed by atoms with Gasteiger partial charge in [0.15, 0.2) is 0 Å². The van der Waals surface area contributed by atoms with Crippen molar-refractivity contribution in [1.29, 1.82) is 0 Å². The van der Waals surface area contributed by atoms with Crippen molar-refractivity contribution < 1.29 is 9.21 Å². The summed E-state index contributed by atoms with van der Waals surface area (Å²) in [6.07, 6.45) is 0.776. The third-order valence-electron chi connectivity index (χ3n) is 2.84. The molecule has 0 fully saturated rings. The highest BCUT2D eigenvalue weighted by Gasteiger charge is 2.07.